The highest BCUT2D eigenvalue weighted by atomic mass is 16.4. The molecule has 0 atom stereocenters. The van der Waals surface area contributed by atoms with E-state index in [0.29, 0.717) is 12.8 Å². The molecule has 2 N–H and O–H groups in total. The second-order valence-corrected chi connectivity index (χ2v) is 4.86. The molecule has 0 aliphatic rings. The van der Waals surface area contributed by atoms with Crippen LogP contribution in [0.5, 0.6) is 5.75 Å². The number of phenols is 1. The van der Waals surface area contributed by atoms with E-state index in [4.69, 9.17) is 5.11 Å². The van der Waals surface area contributed by atoms with Crippen LogP contribution in [-0.4, -0.2) is 16.2 Å². The van der Waals surface area contributed by atoms with E-state index in [9.17, 15) is 9.90 Å². The molecule has 0 unspecified atom stereocenters. The van der Waals surface area contributed by atoms with Crippen LogP contribution in [0.3, 0.4) is 0 Å². The van der Waals surface area contributed by atoms with E-state index >= 15 is 0 Å². The Morgan fingerprint density at radius 3 is 2.45 bits per heavy atom. The molecular formula is C17H18O3. The lowest BCUT2D eigenvalue weighted by atomic mass is 9.95. The van der Waals surface area contributed by atoms with Crippen molar-refractivity contribution in [2.24, 2.45) is 0 Å². The maximum absolute atomic E-state index is 10.5. The molecule has 3 nitrogen and oxygen atoms in total. The minimum Gasteiger partial charge on any atom is -0.507 e. The van der Waals surface area contributed by atoms with Crippen molar-refractivity contribution in [2.45, 2.75) is 26.2 Å². The number of carboxylic acid groups (broad SMARTS) is 1. The molecule has 0 saturated carbocycles. The predicted molar refractivity (Wildman–Crippen MR) is 78.9 cm³/mol. The van der Waals surface area contributed by atoms with E-state index in [1.54, 1.807) is 0 Å². The van der Waals surface area contributed by atoms with Crippen LogP contribution in [0, 0.1) is 6.92 Å². The first kappa shape index (κ1) is 14.1. The van der Waals surface area contributed by atoms with Gasteiger partial charge in [-0.2, -0.15) is 0 Å². The summed E-state index contributed by atoms with van der Waals surface area (Å²) in [4.78, 5) is 10.5. The zero-order chi connectivity index (χ0) is 14.5. The summed E-state index contributed by atoms with van der Waals surface area (Å²) in [5.74, 6) is -0.529. The Balaban J connectivity index is 2.23. The number of aromatic hydroxyl groups is 1. The lowest BCUT2D eigenvalue weighted by Gasteiger charge is -2.12. The molecule has 0 bridgehead atoms. The lowest BCUT2D eigenvalue weighted by Crippen LogP contribution is -1.97. The van der Waals surface area contributed by atoms with E-state index in [1.807, 2.05) is 49.4 Å². The maximum atomic E-state index is 10.5. The molecule has 0 aromatic heterocycles. The zero-order valence-corrected chi connectivity index (χ0v) is 11.5. The molecule has 20 heavy (non-hydrogen) atoms. The quantitative estimate of drug-likeness (QED) is 0.869. The van der Waals surface area contributed by atoms with Gasteiger partial charge in [-0.15, -0.1) is 0 Å². The van der Waals surface area contributed by atoms with Crippen molar-refractivity contribution in [3.8, 4) is 16.9 Å². The molecule has 3 heteroatoms. The summed E-state index contributed by atoms with van der Waals surface area (Å²) < 4.78 is 0. The first-order chi connectivity index (χ1) is 9.59. The van der Waals surface area contributed by atoms with Crippen LogP contribution in [0.2, 0.25) is 0 Å². The van der Waals surface area contributed by atoms with Crippen molar-refractivity contribution < 1.29 is 15.0 Å². The number of hydrogen-bond acceptors (Lipinski definition) is 2. The maximum Gasteiger partial charge on any atom is 0.303 e. The van der Waals surface area contributed by atoms with Gasteiger partial charge in [-0.25, -0.2) is 0 Å². The number of rotatable bonds is 5. The van der Waals surface area contributed by atoms with Crippen molar-refractivity contribution >= 4 is 5.97 Å². The molecule has 2 aromatic rings. The van der Waals surface area contributed by atoms with Crippen LogP contribution in [0.25, 0.3) is 11.1 Å². The summed E-state index contributed by atoms with van der Waals surface area (Å²) in [6, 6.07) is 13.8. The van der Waals surface area contributed by atoms with Gasteiger partial charge in [-0.05, 0) is 42.0 Å². The molecule has 0 aliphatic heterocycles. The van der Waals surface area contributed by atoms with E-state index in [-0.39, 0.29) is 12.2 Å². The highest BCUT2D eigenvalue weighted by Crippen LogP contribution is 2.32. The molecule has 0 amide bonds. The van der Waals surface area contributed by atoms with Gasteiger partial charge >= 0.3 is 5.97 Å². The van der Waals surface area contributed by atoms with Crippen molar-refractivity contribution in [3.05, 3.63) is 53.6 Å². The summed E-state index contributed by atoms with van der Waals surface area (Å²) in [6.07, 6.45) is 1.24. The SMILES string of the molecule is Cc1c(-c2ccccc2)ccc(CCCC(=O)O)c1O. The Morgan fingerprint density at radius 2 is 1.80 bits per heavy atom. The van der Waals surface area contributed by atoms with Gasteiger partial charge in [0, 0.05) is 6.42 Å². The van der Waals surface area contributed by atoms with Gasteiger partial charge in [0.1, 0.15) is 5.75 Å². The molecule has 104 valence electrons. The zero-order valence-electron chi connectivity index (χ0n) is 11.5. The van der Waals surface area contributed by atoms with Gasteiger partial charge < -0.3 is 10.2 Å². The van der Waals surface area contributed by atoms with Gasteiger partial charge in [0.2, 0.25) is 0 Å². The molecule has 0 saturated heterocycles. The minimum atomic E-state index is -0.804. The van der Waals surface area contributed by atoms with Crippen LogP contribution in [0.15, 0.2) is 42.5 Å². The third kappa shape index (κ3) is 3.18. The number of aliphatic carboxylic acids is 1. The van der Waals surface area contributed by atoms with Crippen LogP contribution in [-0.2, 0) is 11.2 Å². The molecule has 0 spiro atoms. The summed E-state index contributed by atoms with van der Waals surface area (Å²) in [5, 5.41) is 18.9. The van der Waals surface area contributed by atoms with E-state index < -0.39 is 5.97 Å². The van der Waals surface area contributed by atoms with Gasteiger partial charge in [0.15, 0.2) is 0 Å². The van der Waals surface area contributed by atoms with Crippen molar-refractivity contribution in [2.75, 3.05) is 0 Å². The molecule has 2 aromatic carbocycles. The van der Waals surface area contributed by atoms with Crippen molar-refractivity contribution in [1.29, 1.82) is 0 Å². The normalized spacial score (nSPS) is 10.4. The van der Waals surface area contributed by atoms with Gasteiger partial charge in [-0.1, -0.05) is 42.5 Å². The molecule has 0 heterocycles. The van der Waals surface area contributed by atoms with Crippen LogP contribution in [0.4, 0.5) is 0 Å². The summed E-state index contributed by atoms with van der Waals surface area (Å²) in [5.41, 5.74) is 3.72. The first-order valence-electron chi connectivity index (χ1n) is 6.68. The fourth-order valence-electron chi connectivity index (χ4n) is 2.32. The number of phenolic OH excluding ortho intramolecular Hbond substituents is 1. The standard InChI is InChI=1S/C17H18O3/c1-12-15(13-6-3-2-4-7-13)11-10-14(17(12)20)8-5-9-16(18)19/h2-4,6-7,10-11,20H,5,8-9H2,1H3,(H,18,19). The van der Waals surface area contributed by atoms with Crippen LogP contribution >= 0.6 is 0 Å². The number of carboxylic acids is 1. The van der Waals surface area contributed by atoms with Gasteiger partial charge in [0.05, 0.1) is 0 Å². The summed E-state index contributed by atoms with van der Waals surface area (Å²) in [7, 11) is 0. The Morgan fingerprint density at radius 1 is 1.10 bits per heavy atom. The minimum absolute atomic E-state index is 0.124. The fraction of sp³-hybridized carbons (Fsp3) is 0.235. The Hall–Kier alpha value is -2.29. The Kier molecular flexibility index (Phi) is 4.41. The smallest absolute Gasteiger partial charge is 0.303 e. The predicted octanol–water partition coefficient (Wildman–Crippen LogP) is 3.77. The average molecular weight is 270 g/mol. The average Bonchev–Trinajstić information content (AvgIpc) is 2.44. The highest BCUT2D eigenvalue weighted by Gasteiger charge is 2.10. The molecule has 0 radical (unpaired) electrons. The number of benzene rings is 2. The van der Waals surface area contributed by atoms with Crippen molar-refractivity contribution in [3.63, 3.8) is 0 Å². The number of carbonyl (C=O) groups is 1. The van der Waals surface area contributed by atoms with Crippen LogP contribution < -0.4 is 0 Å². The van der Waals surface area contributed by atoms with E-state index in [2.05, 4.69) is 0 Å². The highest BCUT2D eigenvalue weighted by molar-refractivity contribution is 5.71. The largest absolute Gasteiger partial charge is 0.507 e. The number of hydrogen-bond donors (Lipinski definition) is 2. The van der Waals surface area contributed by atoms with E-state index in [0.717, 1.165) is 22.3 Å². The fourth-order valence-corrected chi connectivity index (χ4v) is 2.32. The van der Waals surface area contributed by atoms with Crippen LogP contribution in [0.1, 0.15) is 24.0 Å². The Bertz CT molecular complexity index is 603. The van der Waals surface area contributed by atoms with Crippen molar-refractivity contribution in [1.82, 2.24) is 0 Å². The van der Waals surface area contributed by atoms with Gasteiger partial charge in [0.25, 0.3) is 0 Å². The van der Waals surface area contributed by atoms with E-state index in [1.165, 1.54) is 0 Å². The monoisotopic (exact) mass is 270 g/mol. The third-order valence-electron chi connectivity index (χ3n) is 3.44. The third-order valence-corrected chi connectivity index (χ3v) is 3.44. The Labute approximate surface area is 118 Å². The van der Waals surface area contributed by atoms with Gasteiger partial charge in [-0.3, -0.25) is 4.79 Å². The topological polar surface area (TPSA) is 57.5 Å². The lowest BCUT2D eigenvalue weighted by molar-refractivity contribution is -0.137. The summed E-state index contributed by atoms with van der Waals surface area (Å²) >= 11 is 0. The molecule has 0 fully saturated rings. The molecular weight excluding hydrogens is 252 g/mol. The summed E-state index contributed by atoms with van der Waals surface area (Å²) in [6.45, 7) is 1.89. The second-order valence-electron chi connectivity index (χ2n) is 4.86. The second kappa shape index (κ2) is 6.24. The molecule has 0 aliphatic carbocycles. The molecule has 2 rings (SSSR count). The number of aryl methyl sites for hydroxylation is 1. The first-order valence-corrected chi connectivity index (χ1v) is 6.68.